The summed E-state index contributed by atoms with van der Waals surface area (Å²) in [6, 6.07) is 8.07. The van der Waals surface area contributed by atoms with E-state index in [4.69, 9.17) is 30.6 Å². The Hall–Kier alpha value is -2.01. The van der Waals surface area contributed by atoms with Crippen molar-refractivity contribution in [2.45, 2.75) is 79.1 Å². The molecule has 0 N–H and O–H groups in total. The molecule has 0 amide bonds. The molecule has 0 heterocycles. The molecule has 0 aromatic carbocycles. The Morgan fingerprint density at radius 2 is 0.640 bits per heavy atom. The Morgan fingerprint density at radius 1 is 0.520 bits per heavy atom. The minimum absolute atomic E-state index is 0. The molecule has 0 aliphatic heterocycles. The van der Waals surface area contributed by atoms with Crippen LogP contribution in [0.2, 0.25) is 0 Å². The van der Waals surface area contributed by atoms with Crippen LogP contribution in [-0.4, -0.2) is 13.6 Å². The molecule has 0 saturated heterocycles. The van der Waals surface area contributed by atoms with E-state index in [-0.39, 0.29) is 21.1 Å². The average Bonchev–Trinajstić information content (AvgIpc) is 2.63. The van der Waals surface area contributed by atoms with Gasteiger partial charge in [-0.1, -0.05) is 27.7 Å². The number of hydrogen-bond donors (Lipinski definition) is 0. The second kappa shape index (κ2) is 97.1. The Kier molecular flexibility index (Phi) is 169. The normalized spacial score (nSPS) is 5.44. The standard InChI is InChI=1S/4C4H7N.2CO.W/c4*1-2-3-4-5;2*1-2;/h4*2-3H2,1H3;;;. The molecular formula is C18H28N4O2W. The molecule has 0 spiro atoms. The molecule has 0 aromatic heterocycles. The van der Waals surface area contributed by atoms with Gasteiger partial charge in [0.25, 0.3) is 13.6 Å². The van der Waals surface area contributed by atoms with E-state index in [0.717, 1.165) is 25.7 Å². The van der Waals surface area contributed by atoms with E-state index in [0.29, 0.717) is 25.7 Å². The van der Waals surface area contributed by atoms with Gasteiger partial charge in [-0.2, -0.15) is 21.0 Å². The molecular weight excluding hydrogens is 488 g/mol. The Labute approximate surface area is 168 Å². The first-order chi connectivity index (χ1) is 11.7. The van der Waals surface area contributed by atoms with Gasteiger partial charge in [-0.05, 0) is 25.7 Å². The molecule has 0 fully saturated rings. The number of rotatable bonds is 4. The minimum atomic E-state index is 0. The summed E-state index contributed by atoms with van der Waals surface area (Å²) in [5.74, 6) is 0. The third-order valence-electron chi connectivity index (χ3n) is 1.45. The maximum Gasteiger partial charge on any atom is 0.281 e. The quantitative estimate of drug-likeness (QED) is 0.543. The number of unbranched alkanes of at least 4 members (excludes halogenated alkanes) is 4. The van der Waals surface area contributed by atoms with Crippen LogP contribution in [-0.2, 0) is 30.7 Å². The van der Waals surface area contributed by atoms with E-state index in [9.17, 15) is 0 Å². The summed E-state index contributed by atoms with van der Waals surface area (Å²) in [5.41, 5.74) is 0. The number of nitriles is 4. The molecule has 4 radical (unpaired) electrons. The minimum Gasteiger partial charge on any atom is -0.281 e. The first-order valence-corrected chi connectivity index (χ1v) is 7.55. The predicted octanol–water partition coefficient (Wildman–Crippen LogP) is 4.44. The largest absolute Gasteiger partial charge is 0.281 e. The van der Waals surface area contributed by atoms with Crippen molar-refractivity contribution in [1.82, 2.24) is 0 Å². The first kappa shape index (κ1) is 43.5. The molecule has 0 aromatic rings. The molecule has 0 aliphatic carbocycles. The van der Waals surface area contributed by atoms with Crippen LogP contribution in [0.4, 0.5) is 0 Å². The Bertz CT molecular complexity index is 273. The van der Waals surface area contributed by atoms with Crippen molar-refractivity contribution in [3.05, 3.63) is 0 Å². The van der Waals surface area contributed by atoms with E-state index < -0.39 is 0 Å². The van der Waals surface area contributed by atoms with Gasteiger partial charge in [0.2, 0.25) is 0 Å². The second-order valence-corrected chi connectivity index (χ2v) is 3.63. The summed E-state index contributed by atoms with van der Waals surface area (Å²) in [6.07, 6.45) is 6.71. The van der Waals surface area contributed by atoms with Crippen LogP contribution >= 0.6 is 0 Å². The van der Waals surface area contributed by atoms with Crippen molar-refractivity contribution in [3.8, 4) is 24.3 Å². The maximum absolute atomic E-state index is 7.82. The van der Waals surface area contributed by atoms with Crippen molar-refractivity contribution < 1.29 is 30.7 Å². The average molecular weight is 516 g/mol. The van der Waals surface area contributed by atoms with E-state index in [1.54, 1.807) is 0 Å². The number of carbonyl (C=O) groups excluding carboxylic acids is 2. The van der Waals surface area contributed by atoms with E-state index in [1.807, 2.05) is 52.0 Å². The molecule has 0 aliphatic rings. The summed E-state index contributed by atoms with van der Waals surface area (Å²) in [5, 5.41) is 31.3. The van der Waals surface area contributed by atoms with E-state index >= 15 is 0 Å². The van der Waals surface area contributed by atoms with Crippen LogP contribution in [0.5, 0.6) is 0 Å². The van der Waals surface area contributed by atoms with Gasteiger partial charge in [-0.15, -0.1) is 0 Å². The summed E-state index contributed by atoms with van der Waals surface area (Å²) in [7, 11) is 0. The number of hydrogen-bond acceptors (Lipinski definition) is 6. The third kappa shape index (κ3) is 245. The zero-order chi connectivity index (χ0) is 20.5. The first-order valence-electron chi connectivity index (χ1n) is 7.55. The van der Waals surface area contributed by atoms with Gasteiger partial charge < -0.3 is 0 Å². The molecule has 6 nitrogen and oxygen atoms in total. The molecule has 138 valence electrons. The van der Waals surface area contributed by atoms with Gasteiger partial charge in [-0.25, -0.2) is 0 Å². The van der Waals surface area contributed by atoms with Crippen LogP contribution in [0.25, 0.3) is 0 Å². The predicted molar refractivity (Wildman–Crippen MR) is 93.5 cm³/mol. The van der Waals surface area contributed by atoms with Gasteiger partial charge in [0, 0.05) is 46.7 Å². The zero-order valence-electron chi connectivity index (χ0n) is 15.7. The molecule has 0 atom stereocenters. The summed E-state index contributed by atoms with van der Waals surface area (Å²) in [6.45, 7) is 17.0. The molecule has 0 saturated carbocycles. The fraction of sp³-hybridized carbons (Fsp3) is 0.667. The van der Waals surface area contributed by atoms with Crippen LogP contribution < -0.4 is 0 Å². The van der Waals surface area contributed by atoms with Crippen molar-refractivity contribution in [2.75, 3.05) is 0 Å². The van der Waals surface area contributed by atoms with Crippen molar-refractivity contribution >= 4 is 13.6 Å². The SMILES string of the molecule is CCCC#N.CCCC#N.CCCC#N.CCCC#N.[C]=O.[C]=O.[W]. The van der Waals surface area contributed by atoms with Gasteiger partial charge >= 0.3 is 0 Å². The fourth-order valence-electron chi connectivity index (χ4n) is 0.447. The topological polar surface area (TPSA) is 129 Å². The van der Waals surface area contributed by atoms with Crippen molar-refractivity contribution in [2.24, 2.45) is 0 Å². The van der Waals surface area contributed by atoms with Crippen LogP contribution in [0.15, 0.2) is 0 Å². The Balaban J connectivity index is -0.0000000319. The molecule has 0 bridgehead atoms. The van der Waals surface area contributed by atoms with Crippen molar-refractivity contribution in [1.29, 1.82) is 21.0 Å². The van der Waals surface area contributed by atoms with Gasteiger partial charge in [0.15, 0.2) is 0 Å². The molecule has 0 unspecified atom stereocenters. The fourth-order valence-corrected chi connectivity index (χ4v) is 0.447. The number of nitrogens with zero attached hydrogens (tertiary/aromatic N) is 4. The van der Waals surface area contributed by atoms with E-state index in [2.05, 4.69) is 13.6 Å². The monoisotopic (exact) mass is 516 g/mol. The van der Waals surface area contributed by atoms with Crippen LogP contribution in [0.3, 0.4) is 0 Å². The van der Waals surface area contributed by atoms with Crippen LogP contribution in [0, 0.1) is 45.3 Å². The Morgan fingerprint density at radius 3 is 0.640 bits per heavy atom. The van der Waals surface area contributed by atoms with Gasteiger partial charge in [-0.3, -0.25) is 9.59 Å². The summed E-state index contributed by atoms with van der Waals surface area (Å²) < 4.78 is 0. The van der Waals surface area contributed by atoms with Crippen LogP contribution in [0.1, 0.15) is 79.1 Å². The summed E-state index contributed by atoms with van der Waals surface area (Å²) >= 11 is 0. The molecule has 7 heteroatoms. The molecule has 0 rings (SSSR count). The second-order valence-electron chi connectivity index (χ2n) is 3.63. The zero-order valence-corrected chi connectivity index (χ0v) is 18.6. The van der Waals surface area contributed by atoms with E-state index in [1.165, 1.54) is 0 Å². The van der Waals surface area contributed by atoms with Crippen molar-refractivity contribution in [3.63, 3.8) is 0 Å². The van der Waals surface area contributed by atoms with Gasteiger partial charge in [0.05, 0.1) is 24.3 Å². The third-order valence-corrected chi connectivity index (χ3v) is 1.45. The summed E-state index contributed by atoms with van der Waals surface area (Å²) in [4.78, 5) is 15.0. The maximum atomic E-state index is 7.82. The smallest absolute Gasteiger partial charge is 0.281 e. The molecule has 25 heavy (non-hydrogen) atoms. The van der Waals surface area contributed by atoms with Gasteiger partial charge in [0.1, 0.15) is 0 Å².